The van der Waals surface area contributed by atoms with Gasteiger partial charge in [0.2, 0.25) is 0 Å². The smallest absolute Gasteiger partial charge is 0.271 e. The van der Waals surface area contributed by atoms with Gasteiger partial charge in [-0.25, -0.2) is 0 Å². The molecule has 6 nitrogen and oxygen atoms in total. The van der Waals surface area contributed by atoms with Gasteiger partial charge in [-0.2, -0.15) is 0 Å². The van der Waals surface area contributed by atoms with Gasteiger partial charge in [0.05, 0.1) is 16.0 Å². The van der Waals surface area contributed by atoms with Crippen molar-refractivity contribution in [2.24, 2.45) is 0 Å². The number of amides is 1. The van der Waals surface area contributed by atoms with Crippen LogP contribution in [0.15, 0.2) is 48.7 Å². The fraction of sp³-hybridized carbons (Fsp3) is 0.167. The van der Waals surface area contributed by atoms with Crippen molar-refractivity contribution < 1.29 is 9.72 Å². The van der Waals surface area contributed by atoms with E-state index in [2.05, 4.69) is 11.1 Å². The van der Waals surface area contributed by atoms with Crippen LogP contribution in [0.3, 0.4) is 0 Å². The molecule has 2 aromatic carbocycles. The highest BCUT2D eigenvalue weighted by Gasteiger charge is 2.24. The number of hydrogen-bond acceptors (Lipinski definition) is 3. The number of fused-ring (bicyclic) bond motifs is 2. The summed E-state index contributed by atoms with van der Waals surface area (Å²) in [6, 6.07) is 12.7. The highest BCUT2D eigenvalue weighted by Crippen LogP contribution is 2.26. The number of nitro groups is 1. The summed E-state index contributed by atoms with van der Waals surface area (Å²) in [7, 11) is 0. The van der Waals surface area contributed by atoms with Crippen LogP contribution in [0, 0.1) is 10.1 Å². The monoisotopic (exact) mass is 321 g/mol. The molecular formula is C18H15N3O3. The molecule has 0 saturated heterocycles. The van der Waals surface area contributed by atoms with Gasteiger partial charge in [0.1, 0.15) is 0 Å². The molecule has 1 aliphatic rings. The van der Waals surface area contributed by atoms with Crippen LogP contribution in [-0.4, -0.2) is 27.3 Å². The SMILES string of the molecule is O=C(c1c[nH]c2cc([N+](=O)[O-])ccc12)N1CCc2ccccc2C1. The molecule has 3 aromatic rings. The van der Waals surface area contributed by atoms with E-state index in [0.29, 0.717) is 29.6 Å². The summed E-state index contributed by atoms with van der Waals surface area (Å²) in [6.07, 6.45) is 2.48. The quantitative estimate of drug-likeness (QED) is 0.581. The lowest BCUT2D eigenvalue weighted by Crippen LogP contribution is -2.35. The van der Waals surface area contributed by atoms with Gasteiger partial charge >= 0.3 is 0 Å². The number of carbonyl (C=O) groups is 1. The van der Waals surface area contributed by atoms with Crippen LogP contribution in [0.25, 0.3) is 10.9 Å². The Labute approximate surface area is 137 Å². The van der Waals surface area contributed by atoms with Crippen molar-refractivity contribution in [3.8, 4) is 0 Å². The average molecular weight is 321 g/mol. The minimum absolute atomic E-state index is 0.00949. The first-order valence-corrected chi connectivity index (χ1v) is 7.75. The zero-order valence-electron chi connectivity index (χ0n) is 12.9. The van der Waals surface area contributed by atoms with Crippen molar-refractivity contribution in [1.82, 2.24) is 9.88 Å². The van der Waals surface area contributed by atoms with Gasteiger partial charge < -0.3 is 9.88 Å². The Hall–Kier alpha value is -3.15. The van der Waals surface area contributed by atoms with E-state index in [-0.39, 0.29) is 11.6 Å². The third-order valence-corrected chi connectivity index (χ3v) is 4.52. The molecule has 120 valence electrons. The standard InChI is InChI=1S/C18H15N3O3/c22-18(20-8-7-12-3-1-2-4-13(12)11-20)16-10-19-17-9-14(21(23)24)5-6-15(16)17/h1-6,9-10,19H,7-8,11H2. The summed E-state index contributed by atoms with van der Waals surface area (Å²) in [5, 5.41) is 11.6. The Bertz CT molecular complexity index is 961. The number of nitrogens with zero attached hydrogens (tertiary/aromatic N) is 2. The number of benzene rings is 2. The number of non-ortho nitro benzene ring substituents is 1. The van der Waals surface area contributed by atoms with Crippen molar-refractivity contribution in [1.29, 1.82) is 0 Å². The number of nitrogens with one attached hydrogen (secondary N) is 1. The van der Waals surface area contributed by atoms with Gasteiger partial charge in [-0.1, -0.05) is 24.3 Å². The molecular weight excluding hydrogens is 306 g/mol. The van der Waals surface area contributed by atoms with Crippen LogP contribution in [0.4, 0.5) is 5.69 Å². The molecule has 0 spiro atoms. The molecule has 0 saturated carbocycles. The normalized spacial score (nSPS) is 13.8. The molecule has 0 unspecified atom stereocenters. The topological polar surface area (TPSA) is 79.2 Å². The Balaban J connectivity index is 1.66. The molecule has 4 rings (SSSR count). The molecule has 0 fully saturated rings. The number of carbonyl (C=O) groups excluding carboxylic acids is 1. The predicted octanol–water partition coefficient (Wildman–Crippen LogP) is 3.27. The van der Waals surface area contributed by atoms with Crippen molar-refractivity contribution in [2.75, 3.05) is 6.54 Å². The molecule has 1 amide bonds. The van der Waals surface area contributed by atoms with Crippen LogP contribution in [0.5, 0.6) is 0 Å². The lowest BCUT2D eigenvalue weighted by Gasteiger charge is -2.28. The molecule has 6 heteroatoms. The van der Waals surface area contributed by atoms with E-state index in [1.165, 1.54) is 23.3 Å². The van der Waals surface area contributed by atoms with Gasteiger partial charge in [0.25, 0.3) is 11.6 Å². The average Bonchev–Trinajstić information content (AvgIpc) is 3.03. The molecule has 1 aliphatic heterocycles. The second-order valence-corrected chi connectivity index (χ2v) is 5.93. The van der Waals surface area contributed by atoms with E-state index in [1.807, 2.05) is 23.1 Å². The number of nitro benzene ring substituents is 1. The molecule has 1 N–H and O–H groups in total. The third-order valence-electron chi connectivity index (χ3n) is 4.52. The first-order valence-electron chi connectivity index (χ1n) is 7.75. The van der Waals surface area contributed by atoms with E-state index >= 15 is 0 Å². The Kier molecular flexibility index (Phi) is 3.30. The van der Waals surface area contributed by atoms with Crippen LogP contribution in [-0.2, 0) is 13.0 Å². The minimum Gasteiger partial charge on any atom is -0.360 e. The van der Waals surface area contributed by atoms with E-state index in [1.54, 1.807) is 12.3 Å². The van der Waals surface area contributed by atoms with Crippen LogP contribution in [0.2, 0.25) is 0 Å². The second kappa shape index (κ2) is 5.49. The summed E-state index contributed by atoms with van der Waals surface area (Å²) in [5.41, 5.74) is 3.63. The molecule has 0 bridgehead atoms. The molecule has 0 aliphatic carbocycles. The summed E-state index contributed by atoms with van der Waals surface area (Å²) in [5.74, 6) is -0.0513. The van der Waals surface area contributed by atoms with E-state index < -0.39 is 4.92 Å². The Morgan fingerprint density at radius 1 is 1.17 bits per heavy atom. The van der Waals surface area contributed by atoms with Crippen LogP contribution in [0.1, 0.15) is 21.5 Å². The van der Waals surface area contributed by atoms with E-state index in [0.717, 1.165) is 6.42 Å². The van der Waals surface area contributed by atoms with Gasteiger partial charge in [-0.3, -0.25) is 14.9 Å². The fourth-order valence-corrected chi connectivity index (χ4v) is 3.24. The van der Waals surface area contributed by atoms with Crippen LogP contribution >= 0.6 is 0 Å². The van der Waals surface area contributed by atoms with E-state index in [9.17, 15) is 14.9 Å². The largest absolute Gasteiger partial charge is 0.360 e. The Morgan fingerprint density at radius 2 is 1.96 bits per heavy atom. The maximum atomic E-state index is 12.9. The molecule has 0 radical (unpaired) electrons. The van der Waals surface area contributed by atoms with Gasteiger partial charge in [-0.15, -0.1) is 0 Å². The number of aromatic amines is 1. The first-order chi connectivity index (χ1) is 11.6. The number of hydrogen-bond donors (Lipinski definition) is 1. The summed E-state index contributed by atoms with van der Waals surface area (Å²) >= 11 is 0. The number of rotatable bonds is 2. The summed E-state index contributed by atoms with van der Waals surface area (Å²) in [4.78, 5) is 28.1. The maximum Gasteiger partial charge on any atom is 0.271 e. The molecule has 1 aromatic heterocycles. The van der Waals surface area contributed by atoms with Crippen molar-refractivity contribution >= 4 is 22.5 Å². The highest BCUT2D eigenvalue weighted by molar-refractivity contribution is 6.07. The van der Waals surface area contributed by atoms with Crippen molar-refractivity contribution in [3.05, 3.63) is 75.5 Å². The van der Waals surface area contributed by atoms with E-state index in [4.69, 9.17) is 0 Å². The van der Waals surface area contributed by atoms with Gasteiger partial charge in [0.15, 0.2) is 0 Å². The van der Waals surface area contributed by atoms with Gasteiger partial charge in [0, 0.05) is 36.8 Å². The molecule has 2 heterocycles. The predicted molar refractivity (Wildman–Crippen MR) is 89.8 cm³/mol. The lowest BCUT2D eigenvalue weighted by atomic mass is 9.99. The highest BCUT2D eigenvalue weighted by atomic mass is 16.6. The molecule has 0 atom stereocenters. The maximum absolute atomic E-state index is 12.9. The summed E-state index contributed by atoms with van der Waals surface area (Å²) < 4.78 is 0. The van der Waals surface area contributed by atoms with Crippen LogP contribution < -0.4 is 0 Å². The number of aromatic nitrogens is 1. The molecule has 24 heavy (non-hydrogen) atoms. The second-order valence-electron chi connectivity index (χ2n) is 5.93. The third kappa shape index (κ3) is 2.32. The minimum atomic E-state index is -0.441. The zero-order valence-corrected chi connectivity index (χ0v) is 12.9. The Morgan fingerprint density at radius 3 is 2.75 bits per heavy atom. The van der Waals surface area contributed by atoms with Gasteiger partial charge in [-0.05, 0) is 23.6 Å². The fourth-order valence-electron chi connectivity index (χ4n) is 3.24. The zero-order chi connectivity index (χ0) is 16.7. The van der Waals surface area contributed by atoms with Crippen molar-refractivity contribution in [2.45, 2.75) is 13.0 Å². The first kappa shape index (κ1) is 14.4. The number of H-pyrrole nitrogens is 1. The lowest BCUT2D eigenvalue weighted by molar-refractivity contribution is -0.384. The van der Waals surface area contributed by atoms with Crippen molar-refractivity contribution in [3.63, 3.8) is 0 Å². The summed E-state index contributed by atoms with van der Waals surface area (Å²) in [6.45, 7) is 1.27.